The molecule has 1 aliphatic heterocycles. The summed E-state index contributed by atoms with van der Waals surface area (Å²) in [4.78, 5) is 29.2. The molecule has 0 unspecified atom stereocenters. The van der Waals surface area contributed by atoms with E-state index in [0.29, 0.717) is 0 Å². The normalized spacial score (nSPS) is 18.8. The van der Waals surface area contributed by atoms with Crippen molar-refractivity contribution in [3.63, 3.8) is 0 Å². The fourth-order valence-electron chi connectivity index (χ4n) is 3.07. The van der Waals surface area contributed by atoms with Crippen LogP contribution in [0, 0.1) is 0 Å². The minimum absolute atomic E-state index is 0.0346. The lowest BCUT2D eigenvalue weighted by molar-refractivity contribution is -0.133. The first-order valence-corrected chi connectivity index (χ1v) is 9.98. The molecule has 0 aromatic carbocycles. The van der Waals surface area contributed by atoms with E-state index in [2.05, 4.69) is 15.0 Å². The summed E-state index contributed by atoms with van der Waals surface area (Å²) < 4.78 is 27.3. The van der Waals surface area contributed by atoms with Gasteiger partial charge in [0.2, 0.25) is 15.9 Å². The maximum atomic E-state index is 12.3. The first-order chi connectivity index (χ1) is 12.0. The third-order valence-electron chi connectivity index (χ3n) is 4.62. The van der Waals surface area contributed by atoms with Gasteiger partial charge in [0.1, 0.15) is 10.9 Å². The highest BCUT2D eigenvalue weighted by atomic mass is 32.2. The lowest BCUT2D eigenvalue weighted by Gasteiger charge is -2.39. The molecule has 2 amide bonds. The Hall–Kier alpha value is -2.00. The Kier molecular flexibility index (Phi) is 5.33. The first kappa shape index (κ1) is 17.8. The van der Waals surface area contributed by atoms with Crippen molar-refractivity contribution in [2.75, 3.05) is 19.6 Å². The van der Waals surface area contributed by atoms with Crippen LogP contribution in [-0.4, -0.2) is 61.0 Å². The van der Waals surface area contributed by atoms with Gasteiger partial charge in [0.05, 0.1) is 6.54 Å². The Morgan fingerprint density at radius 3 is 2.56 bits per heavy atom. The van der Waals surface area contributed by atoms with Crippen LogP contribution in [0.1, 0.15) is 36.2 Å². The number of sulfonamides is 1. The van der Waals surface area contributed by atoms with Gasteiger partial charge >= 0.3 is 0 Å². The lowest BCUT2D eigenvalue weighted by Crippen LogP contribution is -2.61. The van der Waals surface area contributed by atoms with Crippen molar-refractivity contribution < 1.29 is 18.0 Å². The summed E-state index contributed by atoms with van der Waals surface area (Å²) in [6.45, 7) is 0.166. The van der Waals surface area contributed by atoms with Crippen LogP contribution in [0.15, 0.2) is 24.4 Å². The number of hydrogen-bond acceptors (Lipinski definition) is 5. The highest BCUT2D eigenvalue weighted by Crippen LogP contribution is 2.21. The SMILES string of the molecule is O=C(NCC(=O)N1CC(S(=O)(=O)NC2CCCC2)C1)c1ccccn1. The Morgan fingerprint density at radius 2 is 1.92 bits per heavy atom. The number of carbonyl (C=O) groups excluding carboxylic acids is 2. The molecule has 0 bridgehead atoms. The van der Waals surface area contributed by atoms with Crippen LogP contribution in [0.25, 0.3) is 0 Å². The smallest absolute Gasteiger partial charge is 0.270 e. The average Bonchev–Trinajstić information content (AvgIpc) is 3.03. The molecule has 1 aromatic heterocycles. The summed E-state index contributed by atoms with van der Waals surface area (Å²) >= 11 is 0. The van der Waals surface area contributed by atoms with E-state index in [1.165, 1.54) is 11.1 Å². The molecule has 1 saturated carbocycles. The van der Waals surface area contributed by atoms with Crippen LogP contribution in [0.4, 0.5) is 0 Å². The molecular formula is C16H22N4O4S. The molecule has 2 aliphatic rings. The quantitative estimate of drug-likeness (QED) is 0.730. The zero-order chi connectivity index (χ0) is 17.9. The van der Waals surface area contributed by atoms with Gasteiger partial charge in [-0.15, -0.1) is 0 Å². The van der Waals surface area contributed by atoms with Gasteiger partial charge in [-0.1, -0.05) is 18.9 Å². The zero-order valence-electron chi connectivity index (χ0n) is 13.8. The van der Waals surface area contributed by atoms with Gasteiger partial charge in [-0.3, -0.25) is 14.6 Å². The molecule has 0 atom stereocenters. The largest absolute Gasteiger partial charge is 0.342 e. The van der Waals surface area contributed by atoms with E-state index in [4.69, 9.17) is 0 Å². The van der Waals surface area contributed by atoms with Crippen LogP contribution >= 0.6 is 0 Å². The molecule has 8 nitrogen and oxygen atoms in total. The van der Waals surface area contributed by atoms with Crippen LogP contribution in [-0.2, 0) is 14.8 Å². The van der Waals surface area contributed by atoms with Gasteiger partial charge in [0.15, 0.2) is 0 Å². The van der Waals surface area contributed by atoms with Gasteiger partial charge in [-0.25, -0.2) is 13.1 Å². The number of likely N-dealkylation sites (tertiary alicyclic amines) is 1. The maximum Gasteiger partial charge on any atom is 0.270 e. The molecule has 2 N–H and O–H groups in total. The van der Waals surface area contributed by atoms with Crippen molar-refractivity contribution in [2.24, 2.45) is 0 Å². The summed E-state index contributed by atoms with van der Waals surface area (Å²) in [5, 5.41) is 1.94. The molecule has 0 spiro atoms. The Morgan fingerprint density at radius 1 is 1.20 bits per heavy atom. The van der Waals surface area contributed by atoms with Crippen molar-refractivity contribution in [2.45, 2.75) is 37.0 Å². The number of nitrogens with one attached hydrogen (secondary N) is 2. The Labute approximate surface area is 147 Å². The molecule has 9 heteroatoms. The molecular weight excluding hydrogens is 344 g/mol. The van der Waals surface area contributed by atoms with E-state index in [1.54, 1.807) is 18.2 Å². The maximum absolute atomic E-state index is 12.3. The molecule has 1 aromatic rings. The molecule has 1 aliphatic carbocycles. The number of nitrogens with zero attached hydrogens (tertiary/aromatic N) is 2. The van der Waals surface area contributed by atoms with Crippen molar-refractivity contribution in [1.29, 1.82) is 0 Å². The second kappa shape index (κ2) is 7.49. The minimum atomic E-state index is -3.39. The number of aromatic nitrogens is 1. The average molecular weight is 366 g/mol. The topological polar surface area (TPSA) is 108 Å². The standard InChI is InChI=1S/C16H22N4O4S/c21-15(9-18-16(22)14-7-3-4-8-17-14)20-10-13(11-20)25(23,24)19-12-5-1-2-6-12/h3-4,7-8,12-13,19H,1-2,5-6,9-11H2,(H,18,22). The summed E-state index contributed by atoms with van der Waals surface area (Å²) in [5.74, 6) is -0.724. The fourth-order valence-corrected chi connectivity index (χ4v) is 4.71. The number of carbonyl (C=O) groups is 2. The molecule has 136 valence electrons. The molecule has 1 saturated heterocycles. The molecule has 3 rings (SSSR count). The monoisotopic (exact) mass is 366 g/mol. The first-order valence-electron chi connectivity index (χ1n) is 8.44. The van der Waals surface area contributed by atoms with Crippen LogP contribution in [0.3, 0.4) is 0 Å². The number of rotatable bonds is 6. The summed E-state index contributed by atoms with van der Waals surface area (Å²) in [6.07, 6.45) is 5.37. The van der Waals surface area contributed by atoms with Crippen molar-refractivity contribution in [1.82, 2.24) is 19.9 Å². The van der Waals surface area contributed by atoms with Crippen LogP contribution in [0.5, 0.6) is 0 Å². The van der Waals surface area contributed by atoms with Gasteiger partial charge < -0.3 is 10.2 Å². The van der Waals surface area contributed by atoms with Gasteiger partial charge in [-0.2, -0.15) is 0 Å². The van der Waals surface area contributed by atoms with Crippen molar-refractivity contribution in [3.05, 3.63) is 30.1 Å². The fraction of sp³-hybridized carbons (Fsp3) is 0.562. The van der Waals surface area contributed by atoms with Gasteiger partial charge in [0, 0.05) is 25.3 Å². The highest BCUT2D eigenvalue weighted by molar-refractivity contribution is 7.90. The Bertz CT molecular complexity index is 726. The summed E-state index contributed by atoms with van der Waals surface area (Å²) in [7, 11) is -3.39. The number of pyridine rings is 1. The molecule has 2 fully saturated rings. The predicted octanol–water partition coefficient (Wildman–Crippen LogP) is -0.116. The number of hydrogen-bond donors (Lipinski definition) is 2. The second-order valence-corrected chi connectivity index (χ2v) is 8.46. The van der Waals surface area contributed by atoms with Crippen molar-refractivity contribution >= 4 is 21.8 Å². The van der Waals surface area contributed by atoms with Crippen LogP contribution in [0.2, 0.25) is 0 Å². The zero-order valence-corrected chi connectivity index (χ0v) is 14.7. The van der Waals surface area contributed by atoms with E-state index < -0.39 is 21.2 Å². The number of amides is 2. The van der Waals surface area contributed by atoms with Gasteiger partial charge in [-0.05, 0) is 25.0 Å². The lowest BCUT2D eigenvalue weighted by atomic mass is 10.2. The molecule has 0 radical (unpaired) electrons. The molecule has 2 heterocycles. The Balaban J connectivity index is 1.42. The van der Waals surface area contributed by atoms with Crippen molar-refractivity contribution in [3.8, 4) is 0 Å². The van der Waals surface area contributed by atoms with E-state index >= 15 is 0 Å². The highest BCUT2D eigenvalue weighted by Gasteiger charge is 2.40. The van der Waals surface area contributed by atoms with Gasteiger partial charge in [0.25, 0.3) is 5.91 Å². The summed E-state index contributed by atoms with van der Waals surface area (Å²) in [5.41, 5.74) is 0.236. The molecule has 25 heavy (non-hydrogen) atoms. The van der Waals surface area contributed by atoms with Crippen LogP contribution < -0.4 is 10.0 Å². The summed E-state index contributed by atoms with van der Waals surface area (Å²) in [6, 6.07) is 4.97. The minimum Gasteiger partial charge on any atom is -0.342 e. The predicted molar refractivity (Wildman–Crippen MR) is 91.2 cm³/mol. The van der Waals surface area contributed by atoms with E-state index in [9.17, 15) is 18.0 Å². The second-order valence-electron chi connectivity index (χ2n) is 6.46. The third-order valence-corrected chi connectivity index (χ3v) is 6.46. The third kappa shape index (κ3) is 4.35. The van der Waals surface area contributed by atoms with E-state index in [-0.39, 0.29) is 37.3 Å². The van der Waals surface area contributed by atoms with E-state index in [1.807, 2.05) is 0 Å². The van der Waals surface area contributed by atoms with E-state index in [0.717, 1.165) is 25.7 Å².